The van der Waals surface area contributed by atoms with E-state index < -0.39 is 0 Å². The van der Waals surface area contributed by atoms with Crippen LogP contribution in [0.4, 0.5) is 5.95 Å². The van der Waals surface area contributed by atoms with E-state index in [2.05, 4.69) is 32.5 Å². The summed E-state index contributed by atoms with van der Waals surface area (Å²) in [5, 5.41) is 5.97. The van der Waals surface area contributed by atoms with Crippen LogP contribution in [0.25, 0.3) is 0 Å². The zero-order valence-electron chi connectivity index (χ0n) is 12.7. The SMILES string of the molecule is CCCCCNC(=O)c1ccnc(NCc2ccncc2)n1. The summed E-state index contributed by atoms with van der Waals surface area (Å²) < 4.78 is 0. The second-order valence-corrected chi connectivity index (χ2v) is 4.94. The van der Waals surface area contributed by atoms with Crippen LogP contribution in [-0.4, -0.2) is 27.4 Å². The fourth-order valence-corrected chi connectivity index (χ4v) is 1.92. The van der Waals surface area contributed by atoms with E-state index in [0.717, 1.165) is 24.8 Å². The molecule has 2 rings (SSSR count). The van der Waals surface area contributed by atoms with E-state index in [0.29, 0.717) is 24.7 Å². The molecule has 0 aliphatic rings. The number of amides is 1. The van der Waals surface area contributed by atoms with Gasteiger partial charge in [0.15, 0.2) is 0 Å². The Bertz CT molecular complexity index is 588. The van der Waals surface area contributed by atoms with Gasteiger partial charge in [0.05, 0.1) is 0 Å². The minimum absolute atomic E-state index is 0.162. The highest BCUT2D eigenvalue weighted by molar-refractivity contribution is 5.92. The normalized spacial score (nSPS) is 10.2. The van der Waals surface area contributed by atoms with E-state index in [1.54, 1.807) is 24.7 Å². The van der Waals surface area contributed by atoms with Crippen LogP contribution in [-0.2, 0) is 6.54 Å². The number of hydrogen-bond acceptors (Lipinski definition) is 5. The number of pyridine rings is 1. The Kier molecular flexibility index (Phi) is 6.29. The van der Waals surface area contributed by atoms with Crippen molar-refractivity contribution in [1.29, 1.82) is 0 Å². The van der Waals surface area contributed by atoms with Crippen LogP contribution in [0.5, 0.6) is 0 Å². The number of unbranched alkanes of at least 4 members (excludes halogenated alkanes) is 2. The minimum Gasteiger partial charge on any atom is -0.351 e. The van der Waals surface area contributed by atoms with Crippen LogP contribution >= 0.6 is 0 Å². The molecule has 116 valence electrons. The lowest BCUT2D eigenvalue weighted by Gasteiger charge is -2.07. The summed E-state index contributed by atoms with van der Waals surface area (Å²) in [5.74, 6) is 0.281. The van der Waals surface area contributed by atoms with E-state index in [-0.39, 0.29) is 5.91 Å². The number of anilines is 1. The zero-order chi connectivity index (χ0) is 15.6. The van der Waals surface area contributed by atoms with Gasteiger partial charge in [0.1, 0.15) is 5.69 Å². The van der Waals surface area contributed by atoms with Gasteiger partial charge in [-0.25, -0.2) is 9.97 Å². The predicted molar refractivity (Wildman–Crippen MR) is 85.5 cm³/mol. The molecule has 0 spiro atoms. The highest BCUT2D eigenvalue weighted by Crippen LogP contribution is 2.04. The molecule has 1 amide bonds. The van der Waals surface area contributed by atoms with Crippen LogP contribution in [0.1, 0.15) is 42.2 Å². The number of nitrogens with one attached hydrogen (secondary N) is 2. The van der Waals surface area contributed by atoms with Gasteiger partial charge in [-0.15, -0.1) is 0 Å². The lowest BCUT2D eigenvalue weighted by atomic mass is 10.2. The van der Waals surface area contributed by atoms with Crippen LogP contribution < -0.4 is 10.6 Å². The first-order valence-corrected chi connectivity index (χ1v) is 7.53. The van der Waals surface area contributed by atoms with Gasteiger partial charge < -0.3 is 10.6 Å². The van der Waals surface area contributed by atoms with E-state index in [1.165, 1.54) is 0 Å². The third kappa shape index (κ3) is 5.12. The van der Waals surface area contributed by atoms with Crippen LogP contribution in [0.15, 0.2) is 36.8 Å². The van der Waals surface area contributed by atoms with Gasteiger partial charge in [0.25, 0.3) is 5.91 Å². The molecule has 0 bridgehead atoms. The van der Waals surface area contributed by atoms with E-state index in [9.17, 15) is 4.79 Å². The molecule has 0 unspecified atom stereocenters. The maximum atomic E-state index is 12.0. The van der Waals surface area contributed by atoms with Crippen molar-refractivity contribution in [2.75, 3.05) is 11.9 Å². The quantitative estimate of drug-likeness (QED) is 0.732. The van der Waals surface area contributed by atoms with Gasteiger partial charge in [0.2, 0.25) is 5.95 Å². The molecule has 6 nitrogen and oxygen atoms in total. The average molecular weight is 299 g/mol. The molecular formula is C16H21N5O. The molecule has 0 aliphatic heterocycles. The van der Waals surface area contributed by atoms with E-state index >= 15 is 0 Å². The van der Waals surface area contributed by atoms with Crippen LogP contribution in [0.3, 0.4) is 0 Å². The predicted octanol–water partition coefficient (Wildman–Crippen LogP) is 2.40. The number of carbonyl (C=O) groups excluding carboxylic acids is 1. The van der Waals surface area contributed by atoms with Gasteiger partial charge in [-0.1, -0.05) is 19.8 Å². The van der Waals surface area contributed by atoms with Crippen LogP contribution in [0.2, 0.25) is 0 Å². The Labute approximate surface area is 130 Å². The van der Waals surface area contributed by atoms with Crippen molar-refractivity contribution < 1.29 is 4.79 Å². The maximum Gasteiger partial charge on any atom is 0.270 e. The topological polar surface area (TPSA) is 79.8 Å². The number of nitrogens with zero attached hydrogens (tertiary/aromatic N) is 3. The molecule has 0 saturated carbocycles. The first-order chi connectivity index (χ1) is 10.8. The fraction of sp³-hybridized carbons (Fsp3) is 0.375. The molecule has 0 aliphatic carbocycles. The van der Waals surface area contributed by atoms with Crippen molar-refractivity contribution >= 4 is 11.9 Å². The number of hydrogen-bond donors (Lipinski definition) is 2. The second-order valence-electron chi connectivity index (χ2n) is 4.94. The molecule has 0 saturated heterocycles. The Balaban J connectivity index is 1.87. The first kappa shape index (κ1) is 15.9. The van der Waals surface area contributed by atoms with E-state index in [1.807, 2.05) is 12.1 Å². The van der Waals surface area contributed by atoms with Gasteiger partial charge >= 0.3 is 0 Å². The number of carbonyl (C=O) groups is 1. The summed E-state index contributed by atoms with van der Waals surface area (Å²) in [6, 6.07) is 5.45. The first-order valence-electron chi connectivity index (χ1n) is 7.53. The summed E-state index contributed by atoms with van der Waals surface area (Å²) in [7, 11) is 0. The monoisotopic (exact) mass is 299 g/mol. The van der Waals surface area contributed by atoms with E-state index in [4.69, 9.17) is 0 Å². The second kappa shape index (κ2) is 8.71. The summed E-state index contributed by atoms with van der Waals surface area (Å²) in [5.41, 5.74) is 1.46. The standard InChI is InChI=1S/C16H21N5O/c1-2-3-4-8-18-15(22)14-7-11-19-16(21-14)20-12-13-5-9-17-10-6-13/h5-7,9-11H,2-4,8,12H2,1H3,(H,18,22)(H,19,20,21). The largest absolute Gasteiger partial charge is 0.351 e. The molecule has 0 fully saturated rings. The molecule has 0 radical (unpaired) electrons. The Morgan fingerprint density at radius 2 is 1.95 bits per heavy atom. The van der Waals surface area contributed by atoms with Gasteiger partial charge in [-0.05, 0) is 30.2 Å². The molecule has 2 aromatic rings. The number of aromatic nitrogens is 3. The summed E-state index contributed by atoms with van der Waals surface area (Å²) in [4.78, 5) is 24.3. The zero-order valence-corrected chi connectivity index (χ0v) is 12.7. The Morgan fingerprint density at radius 1 is 1.14 bits per heavy atom. The highest BCUT2D eigenvalue weighted by Gasteiger charge is 2.07. The summed E-state index contributed by atoms with van der Waals surface area (Å²) in [6.45, 7) is 3.40. The highest BCUT2D eigenvalue weighted by atomic mass is 16.1. The maximum absolute atomic E-state index is 12.0. The van der Waals surface area contributed by atoms with Crippen molar-refractivity contribution in [3.63, 3.8) is 0 Å². The molecule has 0 aromatic carbocycles. The van der Waals surface area contributed by atoms with Crippen molar-refractivity contribution in [2.45, 2.75) is 32.7 Å². The molecule has 2 heterocycles. The average Bonchev–Trinajstić information content (AvgIpc) is 2.58. The molecule has 0 atom stereocenters. The Morgan fingerprint density at radius 3 is 2.73 bits per heavy atom. The third-order valence-electron chi connectivity index (χ3n) is 3.15. The van der Waals surface area contributed by atoms with Crippen molar-refractivity contribution in [3.8, 4) is 0 Å². The smallest absolute Gasteiger partial charge is 0.270 e. The van der Waals surface area contributed by atoms with Crippen molar-refractivity contribution in [3.05, 3.63) is 48.0 Å². The molecular weight excluding hydrogens is 278 g/mol. The molecule has 6 heteroatoms. The van der Waals surface area contributed by atoms with Crippen LogP contribution in [0, 0.1) is 0 Å². The lowest BCUT2D eigenvalue weighted by molar-refractivity contribution is 0.0948. The van der Waals surface area contributed by atoms with Gasteiger partial charge in [-0.3, -0.25) is 9.78 Å². The molecule has 2 aromatic heterocycles. The van der Waals surface area contributed by atoms with Gasteiger partial charge in [0, 0.05) is 31.7 Å². The lowest BCUT2D eigenvalue weighted by Crippen LogP contribution is -2.25. The van der Waals surface area contributed by atoms with Crippen molar-refractivity contribution in [1.82, 2.24) is 20.3 Å². The molecule has 2 N–H and O–H groups in total. The molecule has 22 heavy (non-hydrogen) atoms. The minimum atomic E-state index is -0.162. The van der Waals surface area contributed by atoms with Gasteiger partial charge in [-0.2, -0.15) is 0 Å². The Hall–Kier alpha value is -2.50. The third-order valence-corrected chi connectivity index (χ3v) is 3.15. The summed E-state index contributed by atoms with van der Waals surface area (Å²) in [6.07, 6.45) is 8.29. The van der Waals surface area contributed by atoms with Crippen molar-refractivity contribution in [2.24, 2.45) is 0 Å². The fourth-order valence-electron chi connectivity index (χ4n) is 1.92. The number of rotatable bonds is 8. The summed E-state index contributed by atoms with van der Waals surface area (Å²) >= 11 is 0.